The van der Waals surface area contributed by atoms with Crippen LogP contribution in [0.15, 0.2) is 0 Å². The third-order valence-electron chi connectivity index (χ3n) is 4.11. The van der Waals surface area contributed by atoms with E-state index in [1.54, 1.807) is 0 Å². The highest BCUT2D eigenvalue weighted by molar-refractivity contribution is 9.09. The molecular weight excluding hydrogens is 240 g/mol. The van der Waals surface area contributed by atoms with Crippen LogP contribution in [0.3, 0.4) is 0 Å². The lowest BCUT2D eigenvalue weighted by atomic mass is 9.73. The van der Waals surface area contributed by atoms with Gasteiger partial charge < -0.3 is 5.11 Å². The van der Waals surface area contributed by atoms with Crippen LogP contribution in [0.2, 0.25) is 0 Å². The highest BCUT2D eigenvalue weighted by Crippen LogP contribution is 2.39. The van der Waals surface area contributed by atoms with Crippen LogP contribution in [0.4, 0.5) is 0 Å². The van der Waals surface area contributed by atoms with Gasteiger partial charge in [0.05, 0.1) is 6.10 Å². The summed E-state index contributed by atoms with van der Waals surface area (Å²) in [5.41, 5.74) is 0. The number of halogens is 1. The largest absolute Gasteiger partial charge is 0.393 e. The lowest BCUT2D eigenvalue weighted by Gasteiger charge is -2.35. The Bertz CT molecular complexity index is 147. The van der Waals surface area contributed by atoms with E-state index in [-0.39, 0.29) is 6.10 Å². The van der Waals surface area contributed by atoms with E-state index in [1.807, 2.05) is 0 Å². The highest BCUT2D eigenvalue weighted by atomic mass is 79.9. The van der Waals surface area contributed by atoms with Gasteiger partial charge >= 0.3 is 0 Å². The van der Waals surface area contributed by atoms with Crippen molar-refractivity contribution < 1.29 is 5.11 Å². The summed E-state index contributed by atoms with van der Waals surface area (Å²) in [6.45, 7) is 0. The van der Waals surface area contributed by atoms with Gasteiger partial charge in [0, 0.05) is 4.83 Å². The second kappa shape index (κ2) is 4.98. The lowest BCUT2D eigenvalue weighted by Crippen LogP contribution is -2.27. The van der Waals surface area contributed by atoms with Crippen LogP contribution in [0.25, 0.3) is 0 Å². The molecule has 2 aliphatic carbocycles. The maximum absolute atomic E-state index is 9.46. The van der Waals surface area contributed by atoms with Gasteiger partial charge in [0.15, 0.2) is 0 Å². The van der Waals surface area contributed by atoms with Crippen molar-refractivity contribution in [1.82, 2.24) is 0 Å². The van der Waals surface area contributed by atoms with E-state index in [9.17, 15) is 5.11 Å². The van der Waals surface area contributed by atoms with E-state index < -0.39 is 0 Å². The Morgan fingerprint density at radius 1 is 0.714 bits per heavy atom. The smallest absolute Gasteiger partial charge is 0.0540 e. The number of alkyl halides is 1. The fourth-order valence-corrected chi connectivity index (χ4v) is 3.65. The zero-order valence-corrected chi connectivity index (χ0v) is 10.4. The fourth-order valence-electron chi connectivity index (χ4n) is 3.12. The van der Waals surface area contributed by atoms with Crippen molar-refractivity contribution in [3.05, 3.63) is 0 Å². The third kappa shape index (κ3) is 2.73. The van der Waals surface area contributed by atoms with Crippen molar-refractivity contribution in [2.45, 2.75) is 62.3 Å². The zero-order valence-electron chi connectivity index (χ0n) is 8.79. The first kappa shape index (κ1) is 10.9. The first-order chi connectivity index (χ1) is 6.75. The lowest BCUT2D eigenvalue weighted by molar-refractivity contribution is 0.0828. The van der Waals surface area contributed by atoms with Crippen LogP contribution in [0.5, 0.6) is 0 Å². The average molecular weight is 261 g/mol. The standard InChI is InChI=1S/C12H21BrO/c13-11-5-1-9(2-6-11)10-3-7-12(14)8-4-10/h9-12,14H,1-8H2. The molecule has 2 heteroatoms. The molecule has 1 N–H and O–H groups in total. The van der Waals surface area contributed by atoms with Crippen molar-refractivity contribution in [2.75, 3.05) is 0 Å². The number of aliphatic hydroxyl groups is 1. The zero-order chi connectivity index (χ0) is 9.97. The van der Waals surface area contributed by atoms with Crippen LogP contribution in [-0.2, 0) is 0 Å². The molecule has 2 aliphatic rings. The molecule has 14 heavy (non-hydrogen) atoms. The second-order valence-electron chi connectivity index (χ2n) is 5.08. The van der Waals surface area contributed by atoms with Gasteiger partial charge in [-0.25, -0.2) is 0 Å². The van der Waals surface area contributed by atoms with Crippen LogP contribution in [0.1, 0.15) is 51.4 Å². The van der Waals surface area contributed by atoms with Crippen LogP contribution in [-0.4, -0.2) is 16.0 Å². The first-order valence-electron chi connectivity index (χ1n) is 6.08. The fraction of sp³-hybridized carbons (Fsp3) is 1.00. The van der Waals surface area contributed by atoms with Crippen LogP contribution >= 0.6 is 15.9 Å². The third-order valence-corrected chi connectivity index (χ3v) is 5.03. The Hall–Kier alpha value is 0.440. The molecule has 0 aliphatic heterocycles. The summed E-state index contributed by atoms with van der Waals surface area (Å²) < 4.78 is 0. The van der Waals surface area contributed by atoms with Crippen molar-refractivity contribution in [2.24, 2.45) is 11.8 Å². The molecule has 82 valence electrons. The maximum atomic E-state index is 9.46. The summed E-state index contributed by atoms with van der Waals surface area (Å²) in [6, 6.07) is 0. The molecular formula is C12H21BrO. The Morgan fingerprint density at radius 2 is 1.14 bits per heavy atom. The van der Waals surface area contributed by atoms with Gasteiger partial charge in [0.2, 0.25) is 0 Å². The van der Waals surface area contributed by atoms with Gasteiger partial charge in [-0.15, -0.1) is 0 Å². The number of aliphatic hydroxyl groups excluding tert-OH is 1. The molecule has 0 atom stereocenters. The van der Waals surface area contributed by atoms with Gasteiger partial charge in [-0.3, -0.25) is 0 Å². The summed E-state index contributed by atoms with van der Waals surface area (Å²) in [7, 11) is 0. The van der Waals surface area contributed by atoms with Crippen molar-refractivity contribution in [3.8, 4) is 0 Å². The quantitative estimate of drug-likeness (QED) is 0.716. The van der Waals surface area contributed by atoms with E-state index in [4.69, 9.17) is 0 Å². The van der Waals surface area contributed by atoms with Gasteiger partial charge in [-0.05, 0) is 63.2 Å². The molecule has 0 aromatic heterocycles. The molecule has 0 spiro atoms. The topological polar surface area (TPSA) is 20.2 Å². The molecule has 0 amide bonds. The summed E-state index contributed by atoms with van der Waals surface area (Å²) in [6.07, 6.45) is 10.2. The van der Waals surface area contributed by atoms with E-state index in [2.05, 4.69) is 15.9 Å². The second-order valence-corrected chi connectivity index (χ2v) is 6.38. The summed E-state index contributed by atoms with van der Waals surface area (Å²) in [5.74, 6) is 1.90. The minimum Gasteiger partial charge on any atom is -0.393 e. The molecule has 0 unspecified atom stereocenters. The van der Waals surface area contributed by atoms with Crippen molar-refractivity contribution >= 4 is 15.9 Å². The predicted molar refractivity (Wildman–Crippen MR) is 62.6 cm³/mol. The van der Waals surface area contributed by atoms with E-state index >= 15 is 0 Å². The van der Waals surface area contributed by atoms with E-state index in [0.717, 1.165) is 29.5 Å². The van der Waals surface area contributed by atoms with Crippen molar-refractivity contribution in [3.63, 3.8) is 0 Å². The molecule has 0 aromatic rings. The number of hydrogen-bond acceptors (Lipinski definition) is 1. The normalized spacial score (nSPS) is 45.0. The van der Waals surface area contributed by atoms with Crippen LogP contribution < -0.4 is 0 Å². The average Bonchev–Trinajstić information content (AvgIpc) is 2.21. The molecule has 2 saturated carbocycles. The van der Waals surface area contributed by atoms with E-state index in [0.29, 0.717) is 0 Å². The highest BCUT2D eigenvalue weighted by Gasteiger charge is 2.29. The molecule has 0 saturated heterocycles. The molecule has 2 fully saturated rings. The van der Waals surface area contributed by atoms with Crippen LogP contribution in [0, 0.1) is 11.8 Å². The van der Waals surface area contributed by atoms with Gasteiger partial charge in [-0.1, -0.05) is 15.9 Å². The van der Waals surface area contributed by atoms with Gasteiger partial charge in [0.25, 0.3) is 0 Å². The Labute approximate surface area is 95.4 Å². The predicted octanol–water partition coefficient (Wildman–Crippen LogP) is 3.49. The molecule has 0 radical (unpaired) electrons. The molecule has 2 rings (SSSR count). The molecule has 0 heterocycles. The van der Waals surface area contributed by atoms with Gasteiger partial charge in [0.1, 0.15) is 0 Å². The maximum Gasteiger partial charge on any atom is 0.0540 e. The SMILES string of the molecule is OC1CCC(C2CCC(Br)CC2)CC1. The van der Waals surface area contributed by atoms with E-state index in [1.165, 1.54) is 38.5 Å². The minimum atomic E-state index is 0.0127. The molecule has 1 nitrogen and oxygen atoms in total. The summed E-state index contributed by atoms with van der Waals surface area (Å²) in [5, 5.41) is 9.46. The Kier molecular flexibility index (Phi) is 3.89. The monoisotopic (exact) mass is 260 g/mol. The molecule has 0 bridgehead atoms. The summed E-state index contributed by atoms with van der Waals surface area (Å²) in [4.78, 5) is 0.785. The molecule has 0 aromatic carbocycles. The Balaban J connectivity index is 1.78. The van der Waals surface area contributed by atoms with Gasteiger partial charge in [-0.2, -0.15) is 0 Å². The first-order valence-corrected chi connectivity index (χ1v) is 6.99. The minimum absolute atomic E-state index is 0.0127. The summed E-state index contributed by atoms with van der Waals surface area (Å²) >= 11 is 3.71. The number of hydrogen-bond donors (Lipinski definition) is 1. The number of rotatable bonds is 1. The van der Waals surface area contributed by atoms with Crippen molar-refractivity contribution in [1.29, 1.82) is 0 Å². The Morgan fingerprint density at radius 3 is 1.64 bits per heavy atom.